The molecule has 0 unspecified atom stereocenters. The summed E-state index contributed by atoms with van der Waals surface area (Å²) in [5.41, 5.74) is 0. The molecular weight excluding hydrogens is 148 g/mol. The van der Waals surface area contributed by atoms with E-state index in [0.717, 1.165) is 38.4 Å². The first-order valence-corrected chi connectivity index (χ1v) is 4.20. The summed E-state index contributed by atoms with van der Waals surface area (Å²) in [5.74, 6) is 0.741. The van der Waals surface area contributed by atoms with Gasteiger partial charge in [0.1, 0.15) is 0 Å². The van der Waals surface area contributed by atoms with Gasteiger partial charge in [-0.1, -0.05) is 6.08 Å². The van der Waals surface area contributed by atoms with Crippen LogP contribution in [-0.4, -0.2) is 19.1 Å². The Morgan fingerprint density at radius 1 is 1.30 bits per heavy atom. The third-order valence-electron chi connectivity index (χ3n) is 1.14. The van der Waals surface area contributed by atoms with E-state index in [2.05, 4.69) is 6.58 Å². The van der Waals surface area contributed by atoms with Gasteiger partial charge < -0.3 is 4.74 Å². The second-order valence-corrected chi connectivity index (χ2v) is 2.46. The van der Waals surface area contributed by atoms with E-state index in [1.54, 1.807) is 0 Å². The third-order valence-corrected chi connectivity index (χ3v) is 1.41. The summed E-state index contributed by atoms with van der Waals surface area (Å²) >= 11 is 5.47. The first kappa shape index (κ1) is 9.99. The molecule has 0 radical (unpaired) electrons. The number of rotatable bonds is 7. The Morgan fingerprint density at radius 2 is 2.10 bits per heavy atom. The highest BCUT2D eigenvalue weighted by Gasteiger charge is 1.86. The van der Waals surface area contributed by atoms with Crippen molar-refractivity contribution in [2.45, 2.75) is 19.3 Å². The van der Waals surface area contributed by atoms with E-state index >= 15 is 0 Å². The van der Waals surface area contributed by atoms with E-state index in [1.165, 1.54) is 0 Å². The SMILES string of the molecule is C=CCCOCCCCCl. The lowest BCUT2D eigenvalue weighted by atomic mass is 10.3. The third kappa shape index (κ3) is 7.99. The number of halogens is 1. The summed E-state index contributed by atoms with van der Waals surface area (Å²) in [6, 6.07) is 0. The van der Waals surface area contributed by atoms with Gasteiger partial charge in [0, 0.05) is 19.1 Å². The fourth-order valence-corrected chi connectivity index (χ4v) is 0.756. The molecule has 0 saturated heterocycles. The molecule has 0 atom stereocenters. The molecule has 0 aliphatic rings. The fraction of sp³-hybridized carbons (Fsp3) is 0.750. The van der Waals surface area contributed by atoms with Gasteiger partial charge in [-0.3, -0.25) is 0 Å². The molecule has 1 nitrogen and oxygen atoms in total. The molecule has 0 amide bonds. The molecule has 0 fully saturated rings. The molecular formula is C8H15ClO. The van der Waals surface area contributed by atoms with Crippen LogP contribution in [0.1, 0.15) is 19.3 Å². The van der Waals surface area contributed by atoms with Gasteiger partial charge in [-0.15, -0.1) is 18.2 Å². The lowest BCUT2D eigenvalue weighted by molar-refractivity contribution is 0.136. The molecule has 0 saturated carbocycles. The van der Waals surface area contributed by atoms with E-state index < -0.39 is 0 Å². The second-order valence-electron chi connectivity index (χ2n) is 2.09. The molecule has 60 valence electrons. The van der Waals surface area contributed by atoms with Crippen LogP contribution in [0.15, 0.2) is 12.7 Å². The highest BCUT2D eigenvalue weighted by atomic mass is 35.5. The Labute approximate surface area is 68.0 Å². The number of unbranched alkanes of at least 4 members (excludes halogenated alkanes) is 1. The van der Waals surface area contributed by atoms with E-state index in [-0.39, 0.29) is 0 Å². The van der Waals surface area contributed by atoms with Gasteiger partial charge in [0.15, 0.2) is 0 Å². The Bertz CT molecular complexity index is 73.7. The molecule has 0 spiro atoms. The topological polar surface area (TPSA) is 9.23 Å². The number of hydrogen-bond donors (Lipinski definition) is 0. The van der Waals surface area contributed by atoms with Crippen molar-refractivity contribution in [1.82, 2.24) is 0 Å². The molecule has 0 bridgehead atoms. The van der Waals surface area contributed by atoms with Crippen molar-refractivity contribution in [2.75, 3.05) is 19.1 Å². The summed E-state index contributed by atoms with van der Waals surface area (Å²) < 4.78 is 5.25. The zero-order chi connectivity index (χ0) is 7.66. The van der Waals surface area contributed by atoms with Crippen LogP contribution in [0.4, 0.5) is 0 Å². The minimum absolute atomic E-state index is 0.741. The smallest absolute Gasteiger partial charge is 0.0500 e. The van der Waals surface area contributed by atoms with Crippen molar-refractivity contribution in [3.8, 4) is 0 Å². The Morgan fingerprint density at radius 3 is 2.70 bits per heavy atom. The molecule has 10 heavy (non-hydrogen) atoms. The van der Waals surface area contributed by atoms with Crippen molar-refractivity contribution in [3.05, 3.63) is 12.7 Å². The fourth-order valence-electron chi connectivity index (χ4n) is 0.567. The lowest BCUT2D eigenvalue weighted by Crippen LogP contribution is -1.95. The predicted octanol–water partition coefficient (Wildman–Crippen LogP) is 2.60. The van der Waals surface area contributed by atoms with Gasteiger partial charge in [-0.25, -0.2) is 0 Å². The van der Waals surface area contributed by atoms with Crippen LogP contribution in [-0.2, 0) is 4.74 Å². The van der Waals surface area contributed by atoms with Gasteiger partial charge in [0.25, 0.3) is 0 Å². The van der Waals surface area contributed by atoms with Crippen molar-refractivity contribution < 1.29 is 4.74 Å². The molecule has 2 heteroatoms. The zero-order valence-corrected chi connectivity index (χ0v) is 7.07. The molecule has 0 aromatic heterocycles. The normalized spacial score (nSPS) is 9.70. The first-order chi connectivity index (χ1) is 4.91. The maximum atomic E-state index is 5.47. The molecule has 0 aliphatic heterocycles. The molecule has 0 heterocycles. The van der Waals surface area contributed by atoms with Gasteiger partial charge in [0.2, 0.25) is 0 Å². The maximum Gasteiger partial charge on any atom is 0.0500 e. The van der Waals surface area contributed by atoms with Gasteiger partial charge >= 0.3 is 0 Å². The van der Waals surface area contributed by atoms with E-state index in [0.29, 0.717) is 0 Å². The van der Waals surface area contributed by atoms with Crippen molar-refractivity contribution in [1.29, 1.82) is 0 Å². The lowest BCUT2D eigenvalue weighted by Gasteiger charge is -1.99. The predicted molar refractivity (Wildman–Crippen MR) is 45.6 cm³/mol. The number of alkyl halides is 1. The van der Waals surface area contributed by atoms with Crippen molar-refractivity contribution >= 4 is 11.6 Å². The quantitative estimate of drug-likeness (QED) is 0.318. The summed E-state index contributed by atoms with van der Waals surface area (Å²) in [5, 5.41) is 0. The maximum absolute atomic E-state index is 5.47. The monoisotopic (exact) mass is 162 g/mol. The summed E-state index contributed by atoms with van der Waals surface area (Å²) in [4.78, 5) is 0. The minimum atomic E-state index is 0.741. The van der Waals surface area contributed by atoms with Gasteiger partial charge in [-0.2, -0.15) is 0 Å². The van der Waals surface area contributed by atoms with Gasteiger partial charge in [0.05, 0.1) is 0 Å². The van der Waals surface area contributed by atoms with Gasteiger partial charge in [-0.05, 0) is 19.3 Å². The zero-order valence-electron chi connectivity index (χ0n) is 6.31. The average Bonchev–Trinajstić information content (AvgIpc) is 1.97. The highest BCUT2D eigenvalue weighted by molar-refractivity contribution is 6.17. The van der Waals surface area contributed by atoms with Crippen LogP contribution in [0, 0.1) is 0 Å². The average molecular weight is 163 g/mol. The van der Waals surface area contributed by atoms with E-state index in [4.69, 9.17) is 16.3 Å². The Balaban J connectivity index is 2.70. The van der Waals surface area contributed by atoms with Crippen LogP contribution < -0.4 is 0 Å². The molecule has 0 aromatic carbocycles. The summed E-state index contributed by atoms with van der Waals surface area (Å²) in [7, 11) is 0. The largest absolute Gasteiger partial charge is 0.381 e. The van der Waals surface area contributed by atoms with Crippen LogP contribution in [0.3, 0.4) is 0 Å². The van der Waals surface area contributed by atoms with Crippen LogP contribution in [0.5, 0.6) is 0 Å². The standard InChI is InChI=1S/C8H15ClO/c1-2-3-7-10-8-5-4-6-9/h2H,1,3-8H2. The second kappa shape index (κ2) is 8.99. The van der Waals surface area contributed by atoms with Crippen molar-refractivity contribution in [3.63, 3.8) is 0 Å². The molecule has 0 N–H and O–H groups in total. The van der Waals surface area contributed by atoms with Crippen LogP contribution >= 0.6 is 11.6 Å². The Hall–Kier alpha value is -0.0100. The minimum Gasteiger partial charge on any atom is -0.381 e. The number of hydrogen-bond acceptors (Lipinski definition) is 1. The van der Waals surface area contributed by atoms with Crippen molar-refractivity contribution in [2.24, 2.45) is 0 Å². The van der Waals surface area contributed by atoms with Crippen LogP contribution in [0.25, 0.3) is 0 Å². The number of ether oxygens (including phenoxy) is 1. The Kier molecular flexibility index (Phi) is 8.98. The summed E-state index contributed by atoms with van der Waals surface area (Å²) in [6.07, 6.45) is 4.93. The van der Waals surface area contributed by atoms with E-state index in [9.17, 15) is 0 Å². The molecule has 0 aromatic rings. The molecule has 0 aliphatic carbocycles. The summed E-state index contributed by atoms with van der Waals surface area (Å²) in [6.45, 7) is 5.22. The molecule has 0 rings (SSSR count). The highest BCUT2D eigenvalue weighted by Crippen LogP contribution is 1.93. The van der Waals surface area contributed by atoms with E-state index in [1.807, 2.05) is 6.08 Å². The first-order valence-electron chi connectivity index (χ1n) is 3.66. The van der Waals surface area contributed by atoms with Crippen LogP contribution in [0.2, 0.25) is 0 Å².